The quantitative estimate of drug-likeness (QED) is 0.674. The minimum Gasteiger partial charge on any atom is -0.477 e. The van der Waals surface area contributed by atoms with E-state index in [0.29, 0.717) is 0 Å². The van der Waals surface area contributed by atoms with E-state index in [4.69, 9.17) is 10.8 Å². The van der Waals surface area contributed by atoms with Crippen molar-refractivity contribution in [1.82, 2.24) is 4.98 Å². The van der Waals surface area contributed by atoms with E-state index in [2.05, 4.69) is 11.9 Å². The molecule has 110 valence electrons. The molecule has 0 fully saturated rings. The Kier molecular flexibility index (Phi) is 12.8. The van der Waals surface area contributed by atoms with Gasteiger partial charge in [0.15, 0.2) is 0 Å². The zero-order valence-corrected chi connectivity index (χ0v) is 12.6. The molecule has 19 heavy (non-hydrogen) atoms. The number of aromatic nitrogens is 1. The van der Waals surface area contributed by atoms with Gasteiger partial charge in [0.2, 0.25) is 0 Å². The number of carboxylic acids is 1. The van der Waals surface area contributed by atoms with E-state index in [0.717, 1.165) is 17.9 Å². The number of hydrogen-bond acceptors (Lipinski definition) is 4. The van der Waals surface area contributed by atoms with Crippen LogP contribution in [0.1, 0.15) is 68.0 Å². The van der Waals surface area contributed by atoms with Gasteiger partial charge in [-0.1, -0.05) is 51.9 Å². The third-order valence-electron chi connectivity index (χ3n) is 2.70. The highest BCUT2D eigenvalue weighted by Gasteiger charge is 2.00. The van der Waals surface area contributed by atoms with Crippen molar-refractivity contribution in [2.45, 2.75) is 58.3 Å². The zero-order chi connectivity index (χ0) is 14.3. The molecule has 1 rings (SSSR count). The predicted octanol–water partition coefficient (Wildman–Crippen LogP) is 3.93. The van der Waals surface area contributed by atoms with Gasteiger partial charge in [0.05, 0.1) is 11.7 Å². The molecule has 0 aromatic carbocycles. The fourth-order valence-electron chi connectivity index (χ4n) is 1.60. The second kappa shape index (κ2) is 13.5. The summed E-state index contributed by atoms with van der Waals surface area (Å²) in [6.45, 7) is 3.13. The molecule has 1 aromatic rings. The Bertz CT molecular complexity index is 294. The van der Waals surface area contributed by atoms with E-state index in [1.807, 2.05) is 0 Å². The highest BCUT2D eigenvalue weighted by Crippen LogP contribution is 2.07. The minimum atomic E-state index is -0.910. The normalized spacial score (nSPS) is 9.79. The first-order valence-electron chi connectivity index (χ1n) is 7.04. The molecule has 1 heterocycles. The van der Waals surface area contributed by atoms with Crippen LogP contribution in [0.5, 0.6) is 0 Å². The van der Waals surface area contributed by atoms with Crippen LogP contribution in [-0.4, -0.2) is 22.6 Å². The van der Waals surface area contributed by atoms with E-state index in [-0.39, 0.29) is 4.88 Å². The number of carbonyl (C=O) groups is 1. The first-order chi connectivity index (χ1) is 9.22. The fourth-order valence-corrected chi connectivity index (χ4v) is 2.06. The molecule has 0 saturated carbocycles. The lowest BCUT2D eigenvalue weighted by Gasteiger charge is -1.99. The summed E-state index contributed by atoms with van der Waals surface area (Å²) in [7, 11) is 0. The van der Waals surface area contributed by atoms with Crippen LogP contribution in [0.4, 0.5) is 0 Å². The fraction of sp³-hybridized carbons (Fsp3) is 0.714. The van der Waals surface area contributed by atoms with Gasteiger partial charge < -0.3 is 10.8 Å². The molecular weight excluding hydrogens is 260 g/mol. The van der Waals surface area contributed by atoms with Gasteiger partial charge in [-0.3, -0.25) is 4.98 Å². The van der Waals surface area contributed by atoms with Crippen LogP contribution in [0.25, 0.3) is 0 Å². The maximum absolute atomic E-state index is 10.0. The summed E-state index contributed by atoms with van der Waals surface area (Å²) in [5, 5.41) is 8.24. The summed E-state index contributed by atoms with van der Waals surface area (Å²) in [5.74, 6) is -0.910. The number of nitrogens with two attached hydrogens (primary N) is 1. The first kappa shape index (κ1) is 18.1. The molecule has 0 bridgehead atoms. The van der Waals surface area contributed by atoms with Crippen LogP contribution >= 0.6 is 11.3 Å². The third kappa shape index (κ3) is 11.9. The number of unbranched alkanes of at least 4 members (excludes halogenated alkanes) is 7. The molecule has 0 radical (unpaired) electrons. The third-order valence-corrected chi connectivity index (χ3v) is 3.46. The van der Waals surface area contributed by atoms with Gasteiger partial charge in [0.25, 0.3) is 0 Å². The van der Waals surface area contributed by atoms with Crippen LogP contribution in [-0.2, 0) is 0 Å². The van der Waals surface area contributed by atoms with Crippen molar-refractivity contribution in [2.24, 2.45) is 5.73 Å². The lowest BCUT2D eigenvalue weighted by atomic mass is 10.1. The van der Waals surface area contributed by atoms with Crippen LogP contribution < -0.4 is 5.73 Å². The standard InChI is InChI=1S/C10H23N.C4H3NO2S/c1-2-3-4-5-6-7-8-9-10-11;6-4(7)3-1-5-2-8-3/h2-11H2,1H3;1-2H,(H,6,7). The number of thiazole rings is 1. The molecule has 1 aromatic heterocycles. The van der Waals surface area contributed by atoms with E-state index in [1.165, 1.54) is 63.1 Å². The van der Waals surface area contributed by atoms with Gasteiger partial charge in [-0.15, -0.1) is 11.3 Å². The van der Waals surface area contributed by atoms with Gasteiger partial charge in [-0.2, -0.15) is 0 Å². The molecule has 4 nitrogen and oxygen atoms in total. The molecule has 0 amide bonds. The second-order valence-electron chi connectivity index (χ2n) is 4.43. The van der Waals surface area contributed by atoms with Gasteiger partial charge >= 0.3 is 5.97 Å². The Morgan fingerprint density at radius 1 is 1.21 bits per heavy atom. The average molecular weight is 286 g/mol. The Hall–Kier alpha value is -0.940. The Labute approximate surface area is 120 Å². The van der Waals surface area contributed by atoms with Crippen molar-refractivity contribution >= 4 is 17.3 Å². The van der Waals surface area contributed by atoms with Gasteiger partial charge in [0.1, 0.15) is 4.88 Å². The Morgan fingerprint density at radius 2 is 1.79 bits per heavy atom. The number of hydrogen-bond donors (Lipinski definition) is 2. The van der Waals surface area contributed by atoms with Crippen molar-refractivity contribution in [1.29, 1.82) is 0 Å². The molecule has 3 N–H and O–H groups in total. The summed E-state index contributed by atoms with van der Waals surface area (Å²) >= 11 is 1.12. The van der Waals surface area contributed by atoms with Gasteiger partial charge in [0, 0.05) is 0 Å². The molecular formula is C14H26N2O2S. The summed E-state index contributed by atoms with van der Waals surface area (Å²) in [4.78, 5) is 13.9. The lowest BCUT2D eigenvalue weighted by Crippen LogP contribution is -1.97. The lowest BCUT2D eigenvalue weighted by molar-refractivity contribution is 0.0702. The monoisotopic (exact) mass is 286 g/mol. The van der Waals surface area contributed by atoms with Gasteiger partial charge in [-0.05, 0) is 13.0 Å². The van der Waals surface area contributed by atoms with E-state index < -0.39 is 5.97 Å². The van der Waals surface area contributed by atoms with Crippen LogP contribution in [0.3, 0.4) is 0 Å². The van der Waals surface area contributed by atoms with E-state index in [9.17, 15) is 4.79 Å². The number of aromatic carboxylic acids is 1. The predicted molar refractivity (Wildman–Crippen MR) is 80.7 cm³/mol. The van der Waals surface area contributed by atoms with Gasteiger partial charge in [-0.25, -0.2) is 4.79 Å². The molecule has 0 spiro atoms. The van der Waals surface area contributed by atoms with Crippen LogP contribution in [0.15, 0.2) is 11.7 Å². The number of nitrogens with zero attached hydrogens (tertiary/aromatic N) is 1. The summed E-state index contributed by atoms with van der Waals surface area (Å²) < 4.78 is 0. The SMILES string of the molecule is CCCCCCCCCCN.O=C(O)c1cncs1. The minimum absolute atomic E-state index is 0.282. The van der Waals surface area contributed by atoms with E-state index in [1.54, 1.807) is 0 Å². The molecule has 0 aliphatic rings. The van der Waals surface area contributed by atoms with Crippen molar-refractivity contribution in [2.75, 3.05) is 6.54 Å². The first-order valence-corrected chi connectivity index (χ1v) is 7.92. The highest BCUT2D eigenvalue weighted by molar-refractivity contribution is 7.11. The van der Waals surface area contributed by atoms with Crippen LogP contribution in [0.2, 0.25) is 0 Å². The number of rotatable bonds is 9. The zero-order valence-electron chi connectivity index (χ0n) is 11.8. The molecule has 5 heteroatoms. The summed E-state index contributed by atoms with van der Waals surface area (Å²) in [6.07, 6.45) is 12.3. The second-order valence-corrected chi connectivity index (χ2v) is 5.32. The maximum Gasteiger partial charge on any atom is 0.347 e. The number of carboxylic acid groups (broad SMARTS) is 1. The molecule has 0 unspecified atom stereocenters. The van der Waals surface area contributed by atoms with E-state index >= 15 is 0 Å². The maximum atomic E-state index is 10.0. The summed E-state index contributed by atoms with van der Waals surface area (Å²) in [6, 6.07) is 0. The topological polar surface area (TPSA) is 76.2 Å². The van der Waals surface area contributed by atoms with Crippen LogP contribution in [0, 0.1) is 0 Å². The highest BCUT2D eigenvalue weighted by atomic mass is 32.1. The van der Waals surface area contributed by atoms with Crippen molar-refractivity contribution < 1.29 is 9.90 Å². The molecule has 0 aliphatic heterocycles. The smallest absolute Gasteiger partial charge is 0.347 e. The Morgan fingerprint density at radius 3 is 2.16 bits per heavy atom. The Balaban J connectivity index is 0.000000356. The molecule has 0 atom stereocenters. The summed E-state index contributed by atoms with van der Waals surface area (Å²) in [5.41, 5.74) is 6.88. The van der Waals surface area contributed by atoms with Crippen molar-refractivity contribution in [3.8, 4) is 0 Å². The van der Waals surface area contributed by atoms with Crippen molar-refractivity contribution in [3.05, 3.63) is 16.6 Å². The molecule has 0 saturated heterocycles. The van der Waals surface area contributed by atoms with Crippen molar-refractivity contribution in [3.63, 3.8) is 0 Å². The largest absolute Gasteiger partial charge is 0.477 e. The molecule has 0 aliphatic carbocycles. The average Bonchev–Trinajstić information content (AvgIpc) is 2.93.